The quantitative estimate of drug-likeness (QED) is 0.141. The number of benzene rings is 7. The molecule has 0 fully saturated rings. The molecule has 272 valence electrons. The zero-order valence-corrected chi connectivity index (χ0v) is 33.7. The minimum atomic E-state index is 0.473. The number of aryl methyl sites for hydroxylation is 2. The molecule has 1 aromatic heterocycles. The minimum Gasteiger partial charge on any atom is -0.135 e. The minimum absolute atomic E-state index is 0.473. The van der Waals surface area contributed by atoms with Crippen molar-refractivity contribution in [2.45, 2.75) is 56.8 Å². The molecule has 0 saturated heterocycles. The number of rotatable bonds is 9. The summed E-state index contributed by atoms with van der Waals surface area (Å²) in [4.78, 5) is 2.92. The van der Waals surface area contributed by atoms with Crippen molar-refractivity contribution in [2.75, 3.05) is 0 Å². The lowest BCUT2D eigenvalue weighted by atomic mass is 9.86. The molecule has 10 rings (SSSR count). The summed E-state index contributed by atoms with van der Waals surface area (Å²) >= 11 is 3.88. The SMILES string of the molecule is CCCc1cc(C2=C3Sc4ccccc4C3CC=C2)cc(-c2ccc(-c3cccc(-c4cc(CCC)cc(-c5cccc6c5sc5ccccc56)c4)c3)cc2)c1. The second-order valence-electron chi connectivity index (χ2n) is 15.4. The van der Waals surface area contributed by atoms with E-state index in [1.807, 2.05) is 23.1 Å². The maximum atomic E-state index is 2.44. The normalized spacial score (nSPS) is 14.8. The summed E-state index contributed by atoms with van der Waals surface area (Å²) in [6.07, 6.45) is 10.2. The number of allylic oxidation sites excluding steroid dienone is 4. The molecule has 56 heavy (non-hydrogen) atoms. The molecule has 0 radical (unpaired) electrons. The highest BCUT2D eigenvalue weighted by Gasteiger charge is 2.31. The summed E-state index contributed by atoms with van der Waals surface area (Å²) in [5.74, 6) is 0.473. The Kier molecular flexibility index (Phi) is 9.33. The third-order valence-electron chi connectivity index (χ3n) is 11.6. The van der Waals surface area contributed by atoms with Crippen LogP contribution >= 0.6 is 23.1 Å². The van der Waals surface area contributed by atoms with Crippen molar-refractivity contribution in [2.24, 2.45) is 0 Å². The topological polar surface area (TPSA) is 0 Å². The van der Waals surface area contributed by atoms with Gasteiger partial charge in [-0.1, -0.05) is 172 Å². The standard InChI is InChI=1S/C54H44S2/c1-3-12-35-28-41(33-43(30-35)45-18-10-20-49-47-16-5-7-22-51(47)55-53(45)49)38-26-24-37(25-27-38)39-14-9-15-40(32-39)42-29-36(13-4-2)31-44(34-42)46-19-11-21-50-48-17-6-8-23-52(48)56-54(46)50/h5-11,14-19,21-34,49H,3-4,12-13,20H2,1-2H3. The van der Waals surface area contributed by atoms with Crippen LogP contribution in [0.1, 0.15) is 61.3 Å². The van der Waals surface area contributed by atoms with Crippen LogP contribution in [-0.4, -0.2) is 0 Å². The lowest BCUT2D eigenvalue weighted by Gasteiger charge is -2.20. The van der Waals surface area contributed by atoms with Crippen molar-refractivity contribution in [3.05, 3.63) is 191 Å². The first-order valence-corrected chi connectivity index (χ1v) is 21.8. The van der Waals surface area contributed by atoms with E-state index >= 15 is 0 Å². The first-order chi connectivity index (χ1) is 27.6. The first-order valence-electron chi connectivity index (χ1n) is 20.2. The van der Waals surface area contributed by atoms with E-state index in [1.54, 1.807) is 0 Å². The zero-order valence-electron chi connectivity index (χ0n) is 32.0. The highest BCUT2D eigenvalue weighted by atomic mass is 32.2. The van der Waals surface area contributed by atoms with Gasteiger partial charge in [-0.05, 0) is 122 Å². The average Bonchev–Trinajstić information content (AvgIpc) is 3.83. The summed E-state index contributed by atoms with van der Waals surface area (Å²) < 4.78 is 2.72. The van der Waals surface area contributed by atoms with E-state index in [0.717, 1.165) is 32.1 Å². The van der Waals surface area contributed by atoms with Gasteiger partial charge in [-0.2, -0.15) is 0 Å². The van der Waals surface area contributed by atoms with E-state index in [-0.39, 0.29) is 0 Å². The smallest absolute Gasteiger partial charge is 0.0433 e. The van der Waals surface area contributed by atoms with Crippen LogP contribution < -0.4 is 0 Å². The maximum Gasteiger partial charge on any atom is 0.0433 e. The second kappa shape index (κ2) is 14.9. The second-order valence-corrected chi connectivity index (χ2v) is 17.5. The van der Waals surface area contributed by atoms with Gasteiger partial charge in [-0.3, -0.25) is 0 Å². The van der Waals surface area contributed by atoms with E-state index in [4.69, 9.17) is 0 Å². The Balaban J connectivity index is 0.986. The number of thiophene rings is 1. The van der Waals surface area contributed by atoms with Crippen LogP contribution in [0.15, 0.2) is 174 Å². The van der Waals surface area contributed by atoms with Gasteiger partial charge in [-0.15, -0.1) is 11.3 Å². The molecular weight excluding hydrogens is 713 g/mol. The molecule has 1 unspecified atom stereocenters. The third kappa shape index (κ3) is 6.45. The van der Waals surface area contributed by atoms with Gasteiger partial charge in [0.15, 0.2) is 0 Å². The van der Waals surface area contributed by atoms with Crippen molar-refractivity contribution in [3.63, 3.8) is 0 Å². The monoisotopic (exact) mass is 756 g/mol. The van der Waals surface area contributed by atoms with Crippen molar-refractivity contribution in [1.82, 2.24) is 0 Å². The molecule has 0 N–H and O–H groups in total. The highest BCUT2D eigenvalue weighted by molar-refractivity contribution is 8.03. The molecule has 8 aromatic rings. The van der Waals surface area contributed by atoms with Crippen LogP contribution in [0.2, 0.25) is 0 Å². The van der Waals surface area contributed by atoms with Crippen molar-refractivity contribution in [1.29, 1.82) is 0 Å². The molecule has 0 bridgehead atoms. The van der Waals surface area contributed by atoms with Gasteiger partial charge in [0.2, 0.25) is 0 Å². The Hall–Kier alpha value is -5.41. The maximum absolute atomic E-state index is 2.44. The molecule has 1 atom stereocenters. The molecule has 1 aliphatic carbocycles. The summed E-state index contributed by atoms with van der Waals surface area (Å²) in [7, 11) is 0. The van der Waals surface area contributed by atoms with Gasteiger partial charge in [-0.25, -0.2) is 0 Å². The van der Waals surface area contributed by atoms with Crippen LogP contribution in [0.3, 0.4) is 0 Å². The van der Waals surface area contributed by atoms with Crippen LogP contribution in [0.25, 0.3) is 70.3 Å². The summed E-state index contributed by atoms with van der Waals surface area (Å²) in [6, 6.07) is 57.5. The molecule has 0 spiro atoms. The highest BCUT2D eigenvalue weighted by Crippen LogP contribution is 2.55. The molecule has 2 aliphatic rings. The fourth-order valence-electron chi connectivity index (χ4n) is 8.91. The molecule has 0 nitrogen and oxygen atoms in total. The number of thioether (sulfide) groups is 1. The number of hydrogen-bond donors (Lipinski definition) is 0. The fraction of sp³-hybridized carbons (Fsp3) is 0.148. The van der Waals surface area contributed by atoms with E-state index in [1.165, 1.54) is 102 Å². The lowest BCUT2D eigenvalue weighted by molar-refractivity contribution is 0.840. The predicted octanol–water partition coefficient (Wildman–Crippen LogP) is 16.2. The molecule has 0 amide bonds. The Morgan fingerprint density at radius 3 is 1.93 bits per heavy atom. The van der Waals surface area contributed by atoms with Crippen LogP contribution in [0.5, 0.6) is 0 Å². The predicted molar refractivity (Wildman–Crippen MR) is 245 cm³/mol. The average molecular weight is 757 g/mol. The van der Waals surface area contributed by atoms with E-state index < -0.39 is 0 Å². The van der Waals surface area contributed by atoms with E-state index in [2.05, 4.69) is 178 Å². The molecule has 7 aromatic carbocycles. The first kappa shape index (κ1) is 35.0. The van der Waals surface area contributed by atoms with Crippen LogP contribution in [0, 0.1) is 0 Å². The molecule has 0 saturated carbocycles. The summed E-state index contributed by atoms with van der Waals surface area (Å²) in [6.45, 7) is 4.56. The lowest BCUT2D eigenvalue weighted by Crippen LogP contribution is -2.01. The van der Waals surface area contributed by atoms with Gasteiger partial charge >= 0.3 is 0 Å². The van der Waals surface area contributed by atoms with Crippen molar-refractivity contribution in [3.8, 4) is 44.5 Å². The van der Waals surface area contributed by atoms with Gasteiger partial charge in [0.05, 0.1) is 0 Å². The largest absolute Gasteiger partial charge is 0.135 e. The van der Waals surface area contributed by atoms with Gasteiger partial charge in [0.1, 0.15) is 0 Å². The molecule has 2 heterocycles. The fourth-order valence-corrected chi connectivity index (χ4v) is 11.5. The van der Waals surface area contributed by atoms with E-state index in [0.29, 0.717) is 5.92 Å². The van der Waals surface area contributed by atoms with Crippen molar-refractivity contribution >= 4 is 48.8 Å². The summed E-state index contributed by atoms with van der Waals surface area (Å²) in [5.41, 5.74) is 17.2. The Bertz CT molecular complexity index is 2830. The van der Waals surface area contributed by atoms with Crippen molar-refractivity contribution < 1.29 is 0 Å². The van der Waals surface area contributed by atoms with Gasteiger partial charge in [0, 0.05) is 35.9 Å². The number of fused-ring (bicyclic) bond motifs is 6. The van der Waals surface area contributed by atoms with Crippen LogP contribution in [0.4, 0.5) is 0 Å². The van der Waals surface area contributed by atoms with E-state index in [9.17, 15) is 0 Å². The molecular formula is C54H44S2. The summed E-state index contributed by atoms with van der Waals surface area (Å²) in [5, 5.41) is 2.69. The Labute approximate surface area is 339 Å². The third-order valence-corrected chi connectivity index (χ3v) is 14.1. The van der Waals surface area contributed by atoms with Crippen LogP contribution in [-0.2, 0) is 12.8 Å². The zero-order chi connectivity index (χ0) is 37.6. The van der Waals surface area contributed by atoms with Gasteiger partial charge in [0.25, 0.3) is 0 Å². The number of hydrogen-bond acceptors (Lipinski definition) is 2. The molecule has 1 aliphatic heterocycles. The molecule has 2 heteroatoms. The van der Waals surface area contributed by atoms with Gasteiger partial charge < -0.3 is 0 Å². The Morgan fingerprint density at radius 2 is 1.12 bits per heavy atom. The Morgan fingerprint density at radius 1 is 0.518 bits per heavy atom.